The van der Waals surface area contributed by atoms with Crippen LogP contribution in [0.25, 0.3) is 0 Å². The SMILES string of the molecule is COc1cc(C=Nc2ccc(Sc3ccc([N+](=O)[O-])cc3)cc2)ccc1OCc1cccc(C(=O)O)c1. The first-order valence-electron chi connectivity index (χ1n) is 11.1. The summed E-state index contributed by atoms with van der Waals surface area (Å²) in [5.74, 6) is 0.0853. The predicted molar refractivity (Wildman–Crippen MR) is 142 cm³/mol. The zero-order valence-corrected chi connectivity index (χ0v) is 20.6. The Labute approximate surface area is 217 Å². The Balaban J connectivity index is 1.38. The summed E-state index contributed by atoms with van der Waals surface area (Å²) in [6.07, 6.45) is 1.72. The molecule has 0 unspecified atom stereocenters. The maximum Gasteiger partial charge on any atom is 0.335 e. The van der Waals surface area contributed by atoms with Crippen LogP contribution in [0, 0.1) is 10.1 Å². The molecule has 8 nitrogen and oxygen atoms in total. The summed E-state index contributed by atoms with van der Waals surface area (Å²) in [4.78, 5) is 28.0. The van der Waals surface area contributed by atoms with Gasteiger partial charge in [-0.25, -0.2) is 4.79 Å². The molecule has 0 heterocycles. The minimum absolute atomic E-state index is 0.0655. The molecule has 0 aromatic heterocycles. The van der Waals surface area contributed by atoms with Gasteiger partial charge in [-0.15, -0.1) is 0 Å². The number of rotatable bonds is 10. The van der Waals surface area contributed by atoms with Crippen LogP contribution in [-0.2, 0) is 6.61 Å². The lowest BCUT2D eigenvalue weighted by Crippen LogP contribution is -2.01. The van der Waals surface area contributed by atoms with E-state index >= 15 is 0 Å². The number of benzene rings is 4. The Hall–Kier alpha value is -4.63. The molecule has 1 N–H and O–H groups in total. The number of aromatic carboxylic acids is 1. The van der Waals surface area contributed by atoms with Crippen molar-refractivity contribution in [1.82, 2.24) is 0 Å². The highest BCUT2D eigenvalue weighted by molar-refractivity contribution is 7.99. The molecular formula is C28H22N2O6S. The molecule has 4 aromatic carbocycles. The molecular weight excluding hydrogens is 492 g/mol. The second-order valence-corrected chi connectivity index (χ2v) is 8.96. The van der Waals surface area contributed by atoms with Crippen LogP contribution >= 0.6 is 11.8 Å². The van der Waals surface area contributed by atoms with Gasteiger partial charge in [0.15, 0.2) is 11.5 Å². The molecule has 0 spiro atoms. The van der Waals surface area contributed by atoms with Crippen molar-refractivity contribution in [2.24, 2.45) is 4.99 Å². The van der Waals surface area contributed by atoms with Gasteiger partial charge in [0.25, 0.3) is 5.69 Å². The molecule has 37 heavy (non-hydrogen) atoms. The molecule has 0 aliphatic carbocycles. The number of methoxy groups -OCH3 is 1. The van der Waals surface area contributed by atoms with Gasteiger partial charge in [-0.1, -0.05) is 23.9 Å². The van der Waals surface area contributed by atoms with Gasteiger partial charge in [-0.2, -0.15) is 0 Å². The number of carbonyl (C=O) groups is 1. The summed E-state index contributed by atoms with van der Waals surface area (Å²) in [6.45, 7) is 0.204. The quantitative estimate of drug-likeness (QED) is 0.141. The fraction of sp³-hybridized carbons (Fsp3) is 0.0714. The van der Waals surface area contributed by atoms with E-state index in [1.807, 2.05) is 36.4 Å². The normalized spacial score (nSPS) is 10.8. The second kappa shape index (κ2) is 11.9. The Kier molecular flexibility index (Phi) is 8.17. The standard InChI is InChI=1S/C28H22N2O6S/c1-35-27-16-19(5-14-26(27)36-18-20-3-2-4-21(15-20)28(31)32)17-29-22-6-10-24(11-7-22)37-25-12-8-23(9-13-25)30(33)34/h2-17H,18H2,1H3,(H,31,32). The number of non-ortho nitro benzene ring substituents is 1. The third-order valence-electron chi connectivity index (χ3n) is 5.24. The number of ether oxygens (including phenoxy) is 2. The lowest BCUT2D eigenvalue weighted by molar-refractivity contribution is -0.384. The average molecular weight is 515 g/mol. The number of nitro benzene ring substituents is 1. The van der Waals surface area contributed by atoms with Gasteiger partial charge in [0.2, 0.25) is 0 Å². The minimum atomic E-state index is -0.985. The van der Waals surface area contributed by atoms with Gasteiger partial charge in [-0.3, -0.25) is 15.1 Å². The smallest absolute Gasteiger partial charge is 0.335 e. The van der Waals surface area contributed by atoms with E-state index in [4.69, 9.17) is 14.6 Å². The van der Waals surface area contributed by atoms with Crippen LogP contribution in [-0.4, -0.2) is 29.3 Å². The van der Waals surface area contributed by atoms with E-state index in [-0.39, 0.29) is 17.9 Å². The molecule has 0 saturated heterocycles. The molecule has 0 aliphatic heterocycles. The third-order valence-corrected chi connectivity index (χ3v) is 6.25. The zero-order chi connectivity index (χ0) is 26.2. The van der Waals surface area contributed by atoms with Gasteiger partial charge in [-0.05, 0) is 77.9 Å². The van der Waals surface area contributed by atoms with Crippen LogP contribution in [0.15, 0.2) is 106 Å². The lowest BCUT2D eigenvalue weighted by atomic mass is 10.1. The summed E-state index contributed by atoms with van der Waals surface area (Å²) in [5.41, 5.74) is 2.60. The summed E-state index contributed by atoms with van der Waals surface area (Å²) in [6, 6.07) is 26.1. The number of carboxylic acid groups (broad SMARTS) is 1. The van der Waals surface area contributed by atoms with E-state index in [2.05, 4.69) is 4.99 Å². The van der Waals surface area contributed by atoms with Gasteiger partial charge >= 0.3 is 5.97 Å². The molecule has 4 rings (SSSR count). The van der Waals surface area contributed by atoms with Gasteiger partial charge in [0, 0.05) is 28.1 Å². The Morgan fingerprint density at radius 3 is 2.32 bits per heavy atom. The minimum Gasteiger partial charge on any atom is -0.493 e. The van der Waals surface area contributed by atoms with Crippen molar-refractivity contribution in [3.63, 3.8) is 0 Å². The van der Waals surface area contributed by atoms with Crippen LogP contribution in [0.5, 0.6) is 11.5 Å². The highest BCUT2D eigenvalue weighted by Gasteiger charge is 2.08. The second-order valence-electron chi connectivity index (χ2n) is 7.81. The highest BCUT2D eigenvalue weighted by atomic mass is 32.2. The van der Waals surface area contributed by atoms with Crippen LogP contribution in [0.3, 0.4) is 0 Å². The van der Waals surface area contributed by atoms with Crippen molar-refractivity contribution in [3.05, 3.63) is 118 Å². The summed E-state index contributed by atoms with van der Waals surface area (Å²) >= 11 is 1.51. The molecule has 0 saturated carbocycles. The number of aliphatic imine (C=N–C) groups is 1. The molecule has 186 valence electrons. The van der Waals surface area contributed by atoms with Gasteiger partial charge in [0.1, 0.15) is 6.61 Å². The molecule has 0 aliphatic rings. The number of nitrogens with zero attached hydrogens (tertiary/aromatic N) is 2. The molecule has 0 atom stereocenters. The number of hydrogen-bond acceptors (Lipinski definition) is 7. The fourth-order valence-corrected chi connectivity index (χ4v) is 4.18. The Morgan fingerprint density at radius 1 is 0.973 bits per heavy atom. The van der Waals surface area contributed by atoms with Crippen molar-refractivity contribution in [2.75, 3.05) is 7.11 Å². The molecule has 0 amide bonds. The molecule has 0 radical (unpaired) electrons. The van der Waals surface area contributed by atoms with E-state index < -0.39 is 10.9 Å². The van der Waals surface area contributed by atoms with E-state index in [0.29, 0.717) is 11.5 Å². The van der Waals surface area contributed by atoms with Crippen molar-refractivity contribution in [1.29, 1.82) is 0 Å². The monoisotopic (exact) mass is 514 g/mol. The summed E-state index contributed by atoms with van der Waals surface area (Å²) in [5, 5.41) is 19.9. The highest BCUT2D eigenvalue weighted by Crippen LogP contribution is 2.31. The van der Waals surface area contributed by atoms with Crippen LogP contribution in [0.1, 0.15) is 21.5 Å². The summed E-state index contributed by atoms with van der Waals surface area (Å²) in [7, 11) is 1.55. The summed E-state index contributed by atoms with van der Waals surface area (Å²) < 4.78 is 11.3. The van der Waals surface area contributed by atoms with Crippen molar-refractivity contribution in [3.8, 4) is 11.5 Å². The zero-order valence-electron chi connectivity index (χ0n) is 19.7. The van der Waals surface area contributed by atoms with E-state index in [9.17, 15) is 14.9 Å². The van der Waals surface area contributed by atoms with Gasteiger partial charge in [0.05, 0.1) is 23.3 Å². The topological polar surface area (TPSA) is 111 Å². The number of hydrogen-bond donors (Lipinski definition) is 1. The van der Waals surface area contributed by atoms with E-state index in [1.165, 1.54) is 30.0 Å². The maximum absolute atomic E-state index is 11.2. The molecule has 9 heteroatoms. The molecule has 0 bridgehead atoms. The first-order valence-corrected chi connectivity index (χ1v) is 11.9. The Bertz CT molecular complexity index is 1440. The largest absolute Gasteiger partial charge is 0.493 e. The molecule has 4 aromatic rings. The van der Waals surface area contributed by atoms with Crippen LogP contribution < -0.4 is 9.47 Å². The number of nitro groups is 1. The average Bonchev–Trinajstić information content (AvgIpc) is 2.92. The van der Waals surface area contributed by atoms with Crippen molar-refractivity contribution in [2.45, 2.75) is 16.4 Å². The van der Waals surface area contributed by atoms with E-state index in [0.717, 1.165) is 26.6 Å². The van der Waals surface area contributed by atoms with Crippen molar-refractivity contribution >= 4 is 35.3 Å². The van der Waals surface area contributed by atoms with Crippen molar-refractivity contribution < 1.29 is 24.3 Å². The third kappa shape index (κ3) is 6.96. The fourth-order valence-electron chi connectivity index (χ4n) is 3.36. The first kappa shape index (κ1) is 25.5. The predicted octanol–water partition coefficient (Wildman–Crippen LogP) is 6.78. The van der Waals surface area contributed by atoms with Crippen LogP contribution in [0.4, 0.5) is 11.4 Å². The number of carboxylic acids is 1. The lowest BCUT2D eigenvalue weighted by Gasteiger charge is -2.11. The van der Waals surface area contributed by atoms with Gasteiger partial charge < -0.3 is 14.6 Å². The van der Waals surface area contributed by atoms with E-state index in [1.54, 1.807) is 49.7 Å². The van der Waals surface area contributed by atoms with Crippen LogP contribution in [0.2, 0.25) is 0 Å². The Morgan fingerprint density at radius 2 is 1.68 bits per heavy atom. The maximum atomic E-state index is 11.2. The molecule has 0 fully saturated rings. The first-order chi connectivity index (χ1) is 17.9.